The number of sulfone groups is 1. The fourth-order valence-corrected chi connectivity index (χ4v) is 4.00. The van der Waals surface area contributed by atoms with Gasteiger partial charge >= 0.3 is 0 Å². The molecule has 0 heterocycles. The summed E-state index contributed by atoms with van der Waals surface area (Å²) in [6.45, 7) is 0. The highest BCUT2D eigenvalue weighted by molar-refractivity contribution is 7.90. The Morgan fingerprint density at radius 3 is 2.29 bits per heavy atom. The average Bonchev–Trinajstić information content (AvgIpc) is 2.66. The van der Waals surface area contributed by atoms with Crippen LogP contribution in [0.1, 0.15) is 21.5 Å². The summed E-state index contributed by atoms with van der Waals surface area (Å²) >= 11 is 0. The third kappa shape index (κ3) is 4.86. The molecule has 0 amide bonds. The second-order valence-electron chi connectivity index (χ2n) is 6.25. The molecule has 0 spiro atoms. The van der Waals surface area contributed by atoms with Crippen molar-refractivity contribution in [1.29, 1.82) is 0 Å². The molecule has 2 N–H and O–H groups in total. The maximum absolute atomic E-state index is 12.5. The van der Waals surface area contributed by atoms with Crippen LogP contribution in [-0.2, 0) is 15.6 Å². The summed E-state index contributed by atoms with van der Waals surface area (Å²) < 4.78 is 25.1. The minimum Gasteiger partial charge on any atom is -0.508 e. The van der Waals surface area contributed by atoms with Crippen molar-refractivity contribution in [1.82, 2.24) is 0 Å². The van der Waals surface area contributed by atoms with Crippen LogP contribution in [0.15, 0.2) is 83.8 Å². The van der Waals surface area contributed by atoms with Crippen molar-refractivity contribution in [2.75, 3.05) is 0 Å². The van der Waals surface area contributed by atoms with Gasteiger partial charge in [-0.3, -0.25) is 4.79 Å². The lowest BCUT2D eigenvalue weighted by atomic mass is 10.1. The number of phenols is 2. The van der Waals surface area contributed by atoms with Crippen LogP contribution in [0.25, 0.3) is 6.08 Å². The number of ketones is 1. The molecule has 0 aromatic heterocycles. The number of hydrogen-bond acceptors (Lipinski definition) is 5. The number of phenolic OH excluding ortho intramolecular Hbond substituents is 2. The first-order chi connectivity index (χ1) is 13.3. The summed E-state index contributed by atoms with van der Waals surface area (Å²) in [5.74, 6) is -0.428. The van der Waals surface area contributed by atoms with Crippen LogP contribution in [0.2, 0.25) is 0 Å². The zero-order chi connectivity index (χ0) is 20.1. The van der Waals surface area contributed by atoms with E-state index in [1.807, 2.05) is 0 Å². The number of benzene rings is 3. The summed E-state index contributed by atoms with van der Waals surface area (Å²) in [4.78, 5) is 12.5. The Bertz CT molecular complexity index is 1130. The van der Waals surface area contributed by atoms with Gasteiger partial charge in [0.15, 0.2) is 15.6 Å². The van der Waals surface area contributed by atoms with Gasteiger partial charge in [0, 0.05) is 5.56 Å². The molecule has 0 aliphatic rings. The molecule has 3 aromatic carbocycles. The zero-order valence-electron chi connectivity index (χ0n) is 14.8. The lowest BCUT2D eigenvalue weighted by molar-refractivity contribution is 0.104. The first-order valence-electron chi connectivity index (χ1n) is 8.46. The first-order valence-corrected chi connectivity index (χ1v) is 10.1. The van der Waals surface area contributed by atoms with E-state index in [1.54, 1.807) is 42.5 Å². The van der Waals surface area contributed by atoms with Gasteiger partial charge in [-0.15, -0.1) is 0 Å². The predicted molar refractivity (Wildman–Crippen MR) is 107 cm³/mol. The van der Waals surface area contributed by atoms with Crippen LogP contribution in [0, 0.1) is 0 Å². The molecular weight excluding hydrogens is 376 g/mol. The monoisotopic (exact) mass is 394 g/mol. The maximum Gasteiger partial charge on any atom is 0.185 e. The molecule has 0 fully saturated rings. The van der Waals surface area contributed by atoms with Crippen molar-refractivity contribution in [3.63, 3.8) is 0 Å². The Hall–Kier alpha value is -3.38. The fraction of sp³-hybridized carbons (Fsp3) is 0.0455. The molecule has 0 bridgehead atoms. The van der Waals surface area contributed by atoms with E-state index in [9.17, 15) is 23.4 Å². The molecule has 0 radical (unpaired) electrons. The van der Waals surface area contributed by atoms with Crippen molar-refractivity contribution < 1.29 is 23.4 Å². The van der Waals surface area contributed by atoms with Crippen LogP contribution in [0.5, 0.6) is 11.5 Å². The predicted octanol–water partition coefficient (Wildman–Crippen LogP) is 3.97. The van der Waals surface area contributed by atoms with E-state index in [2.05, 4.69) is 0 Å². The van der Waals surface area contributed by atoms with Gasteiger partial charge in [0.05, 0.1) is 10.6 Å². The SMILES string of the molecule is O=C(/C=C/c1cccc(O)c1)c1cccc(CS(=O)(=O)c2ccc(O)cc2)c1. The smallest absolute Gasteiger partial charge is 0.185 e. The number of carbonyl (C=O) groups excluding carboxylic acids is 1. The molecule has 3 aromatic rings. The van der Waals surface area contributed by atoms with E-state index in [4.69, 9.17) is 0 Å². The average molecular weight is 394 g/mol. The minimum atomic E-state index is -3.60. The van der Waals surface area contributed by atoms with Gasteiger partial charge in [-0.05, 0) is 59.7 Å². The van der Waals surface area contributed by atoms with Crippen molar-refractivity contribution in [2.24, 2.45) is 0 Å². The second-order valence-corrected chi connectivity index (χ2v) is 8.24. The summed E-state index contributed by atoms with van der Waals surface area (Å²) in [5, 5.41) is 18.8. The summed E-state index contributed by atoms with van der Waals surface area (Å²) in [6, 6.07) is 18.3. The van der Waals surface area contributed by atoms with Crippen LogP contribution in [0.3, 0.4) is 0 Å². The highest BCUT2D eigenvalue weighted by Gasteiger charge is 2.16. The van der Waals surface area contributed by atoms with E-state index in [-0.39, 0.29) is 27.9 Å². The number of allylic oxidation sites excluding steroid dienone is 1. The molecule has 0 saturated carbocycles. The molecule has 0 unspecified atom stereocenters. The van der Waals surface area contributed by atoms with Crippen molar-refractivity contribution in [2.45, 2.75) is 10.6 Å². The molecule has 0 atom stereocenters. The van der Waals surface area contributed by atoms with Crippen LogP contribution >= 0.6 is 0 Å². The van der Waals surface area contributed by atoms with E-state index in [0.717, 1.165) is 0 Å². The molecule has 0 aliphatic heterocycles. The Morgan fingerprint density at radius 1 is 0.857 bits per heavy atom. The van der Waals surface area contributed by atoms with Crippen molar-refractivity contribution in [3.05, 3.63) is 95.6 Å². The highest BCUT2D eigenvalue weighted by Crippen LogP contribution is 2.20. The summed E-state index contributed by atoms with van der Waals surface area (Å²) in [5.41, 5.74) is 1.54. The van der Waals surface area contributed by atoms with E-state index >= 15 is 0 Å². The molecule has 0 saturated heterocycles. The Morgan fingerprint density at radius 2 is 1.57 bits per heavy atom. The summed E-state index contributed by atoms with van der Waals surface area (Å²) in [6.07, 6.45) is 2.96. The van der Waals surface area contributed by atoms with E-state index < -0.39 is 9.84 Å². The topological polar surface area (TPSA) is 91.7 Å². The standard InChI is InChI=1S/C22H18O5S/c23-19-8-10-21(11-9-19)28(26,27)15-17-4-1-5-18(13-17)22(25)12-7-16-3-2-6-20(24)14-16/h1-14,23-24H,15H2/b12-7+. The summed E-state index contributed by atoms with van der Waals surface area (Å²) in [7, 11) is -3.60. The number of aromatic hydroxyl groups is 2. The van der Waals surface area contributed by atoms with Crippen LogP contribution in [0.4, 0.5) is 0 Å². The van der Waals surface area contributed by atoms with Gasteiger partial charge in [0.25, 0.3) is 0 Å². The molecular formula is C22H18O5S. The minimum absolute atomic E-state index is 0.00920. The molecule has 0 aliphatic carbocycles. The first kappa shape index (κ1) is 19.4. The number of hydrogen-bond donors (Lipinski definition) is 2. The molecule has 3 rings (SSSR count). The normalized spacial score (nSPS) is 11.6. The third-order valence-electron chi connectivity index (χ3n) is 4.06. The molecule has 142 valence electrons. The van der Waals surface area contributed by atoms with Crippen molar-refractivity contribution >= 4 is 21.7 Å². The lowest BCUT2D eigenvalue weighted by Gasteiger charge is -2.06. The van der Waals surface area contributed by atoms with Crippen LogP contribution < -0.4 is 0 Å². The molecule has 28 heavy (non-hydrogen) atoms. The van der Waals surface area contributed by atoms with Gasteiger partial charge in [-0.1, -0.05) is 36.4 Å². The Kier molecular flexibility index (Phi) is 5.61. The van der Waals surface area contributed by atoms with Crippen LogP contribution in [-0.4, -0.2) is 24.4 Å². The Balaban J connectivity index is 1.78. The van der Waals surface area contributed by atoms with E-state index in [0.29, 0.717) is 16.7 Å². The lowest BCUT2D eigenvalue weighted by Crippen LogP contribution is -2.06. The Labute approximate surface area is 163 Å². The third-order valence-corrected chi connectivity index (χ3v) is 5.77. The highest BCUT2D eigenvalue weighted by atomic mass is 32.2. The van der Waals surface area contributed by atoms with Gasteiger partial charge < -0.3 is 10.2 Å². The largest absolute Gasteiger partial charge is 0.508 e. The molecule has 6 heteroatoms. The second kappa shape index (κ2) is 8.10. The van der Waals surface area contributed by atoms with Crippen molar-refractivity contribution in [3.8, 4) is 11.5 Å². The fourth-order valence-electron chi connectivity index (χ4n) is 2.67. The maximum atomic E-state index is 12.5. The number of carbonyl (C=O) groups is 1. The van der Waals surface area contributed by atoms with Gasteiger partial charge in [-0.2, -0.15) is 0 Å². The number of rotatable bonds is 6. The quantitative estimate of drug-likeness (QED) is 0.488. The van der Waals surface area contributed by atoms with Gasteiger partial charge in [0.1, 0.15) is 11.5 Å². The van der Waals surface area contributed by atoms with E-state index in [1.165, 1.54) is 42.5 Å². The van der Waals surface area contributed by atoms with Gasteiger partial charge in [-0.25, -0.2) is 8.42 Å². The van der Waals surface area contributed by atoms with Gasteiger partial charge in [0.2, 0.25) is 0 Å². The zero-order valence-corrected chi connectivity index (χ0v) is 15.6. The molecule has 5 nitrogen and oxygen atoms in total.